The molecular weight excluding hydrogens is 232 g/mol. The number of anilines is 2. The van der Waals surface area contributed by atoms with Gasteiger partial charge in [-0.15, -0.1) is 0 Å². The van der Waals surface area contributed by atoms with Crippen LogP contribution in [0.2, 0.25) is 0 Å². The van der Waals surface area contributed by atoms with Crippen molar-refractivity contribution in [2.24, 2.45) is 0 Å². The van der Waals surface area contributed by atoms with Gasteiger partial charge < -0.3 is 20.5 Å². The number of nitrogens with two attached hydrogens (primary N) is 1. The number of hydrogen-bond acceptors (Lipinski definition) is 4. The third-order valence-electron chi connectivity index (χ3n) is 2.83. The number of rotatable bonds is 5. The van der Waals surface area contributed by atoms with Gasteiger partial charge in [0.2, 0.25) is 5.91 Å². The number of amides is 1. The van der Waals surface area contributed by atoms with Crippen molar-refractivity contribution in [1.82, 2.24) is 0 Å². The van der Waals surface area contributed by atoms with Crippen LogP contribution >= 0.6 is 0 Å². The first-order valence-corrected chi connectivity index (χ1v) is 6.00. The Labute approximate surface area is 106 Å². The van der Waals surface area contributed by atoms with Gasteiger partial charge in [0, 0.05) is 11.4 Å². The molecule has 0 spiro atoms. The highest BCUT2D eigenvalue weighted by molar-refractivity contribution is 5.92. The topological polar surface area (TPSA) is 73.6 Å². The summed E-state index contributed by atoms with van der Waals surface area (Å²) in [5.74, 6) is -0.0658. The van der Waals surface area contributed by atoms with Crippen molar-refractivity contribution in [3.63, 3.8) is 0 Å². The number of carbonyl (C=O) groups is 1. The summed E-state index contributed by atoms with van der Waals surface area (Å²) in [7, 11) is 0. The zero-order valence-electron chi connectivity index (χ0n) is 10.4. The molecule has 1 fully saturated rings. The molecule has 0 aromatic heterocycles. The van der Waals surface area contributed by atoms with E-state index < -0.39 is 0 Å². The van der Waals surface area contributed by atoms with Gasteiger partial charge in [-0.1, -0.05) is 6.07 Å². The molecule has 0 atom stereocenters. The summed E-state index contributed by atoms with van der Waals surface area (Å²) >= 11 is 0. The molecule has 1 saturated heterocycles. The zero-order chi connectivity index (χ0) is 13.0. The summed E-state index contributed by atoms with van der Waals surface area (Å²) in [6, 6.07) is 5.45. The van der Waals surface area contributed by atoms with Gasteiger partial charge in [0.15, 0.2) is 0 Å². The molecule has 0 radical (unpaired) electrons. The lowest BCUT2D eigenvalue weighted by molar-refractivity contribution is -0.135. The van der Waals surface area contributed by atoms with Gasteiger partial charge in [0.05, 0.1) is 26.2 Å². The minimum atomic E-state index is -0.0658. The van der Waals surface area contributed by atoms with Crippen LogP contribution in [0.1, 0.15) is 12.0 Å². The predicted octanol–water partition coefficient (Wildman–Crippen LogP) is 1.32. The first kappa shape index (κ1) is 12.9. The third-order valence-corrected chi connectivity index (χ3v) is 2.83. The zero-order valence-corrected chi connectivity index (χ0v) is 10.4. The highest BCUT2D eigenvalue weighted by atomic mass is 16.6. The molecular formula is C13H18N2O3. The normalized spacial score (nSPS) is 15.2. The smallest absolute Gasteiger partial charge is 0.226 e. The Kier molecular flexibility index (Phi) is 4.17. The van der Waals surface area contributed by atoms with E-state index in [-0.39, 0.29) is 12.0 Å². The summed E-state index contributed by atoms with van der Waals surface area (Å²) in [5, 5.41) is 2.83. The Balaban J connectivity index is 1.77. The highest BCUT2D eigenvalue weighted by Gasteiger charge is 2.18. The first-order valence-electron chi connectivity index (χ1n) is 6.00. The number of hydrogen-bond donors (Lipinski definition) is 2. The molecule has 0 unspecified atom stereocenters. The van der Waals surface area contributed by atoms with Crippen LogP contribution in [0.4, 0.5) is 11.4 Å². The fraction of sp³-hybridized carbons (Fsp3) is 0.462. The van der Waals surface area contributed by atoms with Crippen molar-refractivity contribution in [2.45, 2.75) is 19.4 Å². The quantitative estimate of drug-likeness (QED) is 0.773. The Morgan fingerprint density at radius 1 is 1.56 bits per heavy atom. The largest absolute Gasteiger partial charge is 0.399 e. The number of nitrogens with one attached hydrogen (secondary N) is 1. The van der Waals surface area contributed by atoms with Gasteiger partial charge >= 0.3 is 0 Å². The van der Waals surface area contributed by atoms with E-state index in [0.717, 1.165) is 11.3 Å². The second-order valence-electron chi connectivity index (χ2n) is 4.40. The molecule has 0 aliphatic carbocycles. The minimum absolute atomic E-state index is 0.0658. The predicted molar refractivity (Wildman–Crippen MR) is 69.4 cm³/mol. The van der Waals surface area contributed by atoms with Gasteiger partial charge in [-0.05, 0) is 24.6 Å². The van der Waals surface area contributed by atoms with Crippen LogP contribution in [0, 0.1) is 6.92 Å². The molecule has 5 heteroatoms. The van der Waals surface area contributed by atoms with Crippen LogP contribution in [-0.2, 0) is 14.3 Å². The second kappa shape index (κ2) is 5.84. The highest BCUT2D eigenvalue weighted by Crippen LogP contribution is 2.18. The average molecular weight is 250 g/mol. The maximum Gasteiger partial charge on any atom is 0.226 e. The summed E-state index contributed by atoms with van der Waals surface area (Å²) in [6.45, 7) is 3.62. The molecule has 1 aromatic rings. The fourth-order valence-corrected chi connectivity index (χ4v) is 1.62. The van der Waals surface area contributed by atoms with Gasteiger partial charge in [-0.25, -0.2) is 0 Å². The van der Waals surface area contributed by atoms with Crippen LogP contribution in [0.25, 0.3) is 0 Å². The van der Waals surface area contributed by atoms with Crippen molar-refractivity contribution in [1.29, 1.82) is 0 Å². The number of nitrogen functional groups attached to an aromatic ring is 1. The fourth-order valence-electron chi connectivity index (χ4n) is 1.62. The van der Waals surface area contributed by atoms with Crippen molar-refractivity contribution >= 4 is 17.3 Å². The Morgan fingerprint density at radius 3 is 3.00 bits per heavy atom. The first-order chi connectivity index (χ1) is 8.65. The Hall–Kier alpha value is -1.59. The van der Waals surface area contributed by atoms with Gasteiger partial charge in [-0.2, -0.15) is 0 Å². The van der Waals surface area contributed by atoms with E-state index in [4.69, 9.17) is 15.2 Å². The molecule has 1 aliphatic rings. The summed E-state index contributed by atoms with van der Waals surface area (Å²) < 4.78 is 10.4. The van der Waals surface area contributed by atoms with Crippen LogP contribution in [0.15, 0.2) is 18.2 Å². The Morgan fingerprint density at radius 2 is 2.33 bits per heavy atom. The molecule has 1 aromatic carbocycles. The van der Waals surface area contributed by atoms with E-state index in [0.29, 0.717) is 31.9 Å². The summed E-state index contributed by atoms with van der Waals surface area (Å²) in [5.41, 5.74) is 8.06. The van der Waals surface area contributed by atoms with Crippen LogP contribution in [-0.4, -0.2) is 31.8 Å². The van der Waals surface area contributed by atoms with E-state index in [9.17, 15) is 4.79 Å². The number of carbonyl (C=O) groups excluding carboxylic acids is 1. The molecule has 1 aliphatic heterocycles. The van der Waals surface area contributed by atoms with Gasteiger partial charge in [-0.3, -0.25) is 4.79 Å². The minimum Gasteiger partial charge on any atom is -0.399 e. The van der Waals surface area contributed by atoms with Crippen molar-refractivity contribution < 1.29 is 14.3 Å². The molecule has 1 heterocycles. The van der Waals surface area contributed by atoms with Crippen LogP contribution < -0.4 is 11.1 Å². The summed E-state index contributed by atoms with van der Waals surface area (Å²) in [6.07, 6.45) is 0.497. The molecule has 5 nitrogen and oxygen atoms in total. The maximum absolute atomic E-state index is 11.7. The molecule has 18 heavy (non-hydrogen) atoms. The van der Waals surface area contributed by atoms with E-state index >= 15 is 0 Å². The van der Waals surface area contributed by atoms with Gasteiger partial charge in [0.25, 0.3) is 0 Å². The average Bonchev–Trinajstić information content (AvgIpc) is 2.27. The van der Waals surface area contributed by atoms with E-state index in [1.165, 1.54) is 0 Å². The SMILES string of the molecule is Cc1ccc(N)cc1NC(=O)CCOC1COC1. The lowest BCUT2D eigenvalue weighted by Gasteiger charge is -2.25. The molecule has 98 valence electrons. The Bertz CT molecular complexity index is 430. The molecule has 0 saturated carbocycles. The van der Waals surface area contributed by atoms with Crippen molar-refractivity contribution in [3.05, 3.63) is 23.8 Å². The van der Waals surface area contributed by atoms with Gasteiger partial charge in [0.1, 0.15) is 6.10 Å². The lowest BCUT2D eigenvalue weighted by atomic mass is 10.2. The molecule has 3 N–H and O–H groups in total. The third kappa shape index (κ3) is 3.45. The summed E-state index contributed by atoms with van der Waals surface area (Å²) in [4.78, 5) is 11.7. The second-order valence-corrected chi connectivity index (χ2v) is 4.40. The molecule has 0 bridgehead atoms. The number of aryl methyl sites for hydroxylation is 1. The molecule has 1 amide bonds. The number of ether oxygens (including phenoxy) is 2. The van der Waals surface area contributed by atoms with E-state index in [1.807, 2.05) is 19.1 Å². The molecule has 2 rings (SSSR count). The van der Waals surface area contributed by atoms with Crippen molar-refractivity contribution in [2.75, 3.05) is 30.9 Å². The lowest BCUT2D eigenvalue weighted by Crippen LogP contribution is -2.36. The standard InChI is InChI=1S/C13H18N2O3/c1-9-2-3-10(14)6-12(9)15-13(16)4-5-18-11-7-17-8-11/h2-3,6,11H,4-5,7-8,14H2,1H3,(H,15,16). The monoisotopic (exact) mass is 250 g/mol. The maximum atomic E-state index is 11.7. The van der Waals surface area contributed by atoms with E-state index in [1.54, 1.807) is 6.07 Å². The van der Waals surface area contributed by atoms with Crippen LogP contribution in [0.5, 0.6) is 0 Å². The number of benzene rings is 1. The van der Waals surface area contributed by atoms with Crippen LogP contribution in [0.3, 0.4) is 0 Å². The van der Waals surface area contributed by atoms with Crippen molar-refractivity contribution in [3.8, 4) is 0 Å². The van der Waals surface area contributed by atoms with E-state index in [2.05, 4.69) is 5.32 Å².